The minimum atomic E-state index is -4.63. The van der Waals surface area contributed by atoms with E-state index in [1.807, 2.05) is 0 Å². The first kappa shape index (κ1) is 19.8. The standard InChI is InChI=1S/C11H12F3N3O4.CH4/c1-5(18)8(10(20)17-21)16-9(19)6-2-3-7(15-4-6)11(12,13)14;/h2-5,8,18,21H,1H3,(H,16,19)(H,17,20);1H4/t5-,8+;/m1./s1. The number of aromatic nitrogens is 1. The van der Waals surface area contributed by atoms with E-state index in [4.69, 9.17) is 5.21 Å². The van der Waals surface area contributed by atoms with Gasteiger partial charge >= 0.3 is 6.18 Å². The summed E-state index contributed by atoms with van der Waals surface area (Å²) in [6, 6.07) is 0.0178. The van der Waals surface area contributed by atoms with Gasteiger partial charge in [-0.3, -0.25) is 19.8 Å². The van der Waals surface area contributed by atoms with Crippen LogP contribution in [0, 0.1) is 0 Å². The summed E-state index contributed by atoms with van der Waals surface area (Å²) in [5.74, 6) is -2.00. The molecule has 0 saturated heterocycles. The lowest BCUT2D eigenvalue weighted by molar-refractivity contribution is -0.141. The number of nitrogens with one attached hydrogen (secondary N) is 2. The summed E-state index contributed by atoms with van der Waals surface area (Å²) >= 11 is 0. The van der Waals surface area contributed by atoms with Gasteiger partial charge in [0.15, 0.2) is 0 Å². The zero-order chi connectivity index (χ0) is 16.2. The van der Waals surface area contributed by atoms with E-state index in [-0.39, 0.29) is 13.0 Å². The van der Waals surface area contributed by atoms with Crippen molar-refractivity contribution in [3.05, 3.63) is 29.6 Å². The van der Waals surface area contributed by atoms with Crippen molar-refractivity contribution in [3.63, 3.8) is 0 Å². The normalized spacial score (nSPS) is 13.5. The van der Waals surface area contributed by atoms with Crippen molar-refractivity contribution in [2.24, 2.45) is 0 Å². The third kappa shape index (κ3) is 4.97. The SMILES string of the molecule is C.C[C@@H](O)[C@H](NC(=O)c1ccc(C(F)(F)F)nc1)C(=O)NO. The second-order valence-electron chi connectivity index (χ2n) is 4.10. The molecule has 7 nitrogen and oxygen atoms in total. The number of carbonyl (C=O) groups excluding carboxylic acids is 2. The van der Waals surface area contributed by atoms with Crippen molar-refractivity contribution in [2.75, 3.05) is 0 Å². The molecule has 0 bridgehead atoms. The van der Waals surface area contributed by atoms with Gasteiger partial charge in [-0.15, -0.1) is 0 Å². The lowest BCUT2D eigenvalue weighted by Crippen LogP contribution is -2.51. The smallest absolute Gasteiger partial charge is 0.391 e. The molecule has 0 saturated carbocycles. The van der Waals surface area contributed by atoms with E-state index in [1.165, 1.54) is 12.4 Å². The molecular weight excluding hydrogens is 307 g/mol. The maximum absolute atomic E-state index is 12.3. The first-order valence-corrected chi connectivity index (χ1v) is 5.63. The van der Waals surface area contributed by atoms with Gasteiger partial charge in [-0.1, -0.05) is 7.43 Å². The van der Waals surface area contributed by atoms with E-state index in [2.05, 4.69) is 10.3 Å². The van der Waals surface area contributed by atoms with Gasteiger partial charge in [-0.25, -0.2) is 5.48 Å². The van der Waals surface area contributed by atoms with Crippen LogP contribution in [0.25, 0.3) is 0 Å². The van der Waals surface area contributed by atoms with Crippen LogP contribution in [-0.2, 0) is 11.0 Å². The van der Waals surface area contributed by atoms with E-state index in [9.17, 15) is 27.9 Å². The van der Waals surface area contributed by atoms with Crippen LogP contribution in [0.2, 0.25) is 0 Å². The summed E-state index contributed by atoms with van der Waals surface area (Å²) in [7, 11) is 0. The molecular formula is C12H16F3N3O4. The van der Waals surface area contributed by atoms with Gasteiger partial charge in [0, 0.05) is 6.20 Å². The predicted octanol–water partition coefficient (Wildman–Crippen LogP) is 0.721. The maximum atomic E-state index is 12.3. The number of carbonyl (C=O) groups is 2. The van der Waals surface area contributed by atoms with E-state index in [0.29, 0.717) is 12.3 Å². The van der Waals surface area contributed by atoms with Gasteiger partial charge in [0.25, 0.3) is 11.8 Å². The molecule has 0 fully saturated rings. The third-order valence-corrected chi connectivity index (χ3v) is 2.48. The van der Waals surface area contributed by atoms with Gasteiger partial charge in [0.2, 0.25) is 0 Å². The molecule has 124 valence electrons. The fraction of sp³-hybridized carbons (Fsp3) is 0.417. The van der Waals surface area contributed by atoms with Crippen molar-refractivity contribution >= 4 is 11.8 Å². The number of hydrogen-bond donors (Lipinski definition) is 4. The highest BCUT2D eigenvalue weighted by atomic mass is 19.4. The number of hydrogen-bond acceptors (Lipinski definition) is 5. The topological polar surface area (TPSA) is 112 Å². The van der Waals surface area contributed by atoms with Crippen LogP contribution in [-0.4, -0.2) is 39.3 Å². The van der Waals surface area contributed by atoms with Crippen LogP contribution in [0.15, 0.2) is 18.3 Å². The molecule has 0 aliphatic carbocycles. The summed E-state index contributed by atoms with van der Waals surface area (Å²) in [5.41, 5.74) is -0.150. The Kier molecular flexibility index (Phi) is 6.94. The molecule has 2 atom stereocenters. The Morgan fingerprint density at radius 2 is 1.91 bits per heavy atom. The quantitative estimate of drug-likeness (QED) is 0.482. The number of hydroxylamine groups is 1. The number of pyridine rings is 1. The predicted molar refractivity (Wildman–Crippen MR) is 68.8 cm³/mol. The molecule has 0 aliphatic rings. The van der Waals surface area contributed by atoms with Crippen molar-refractivity contribution in [1.29, 1.82) is 0 Å². The fourth-order valence-electron chi connectivity index (χ4n) is 1.40. The molecule has 4 N–H and O–H groups in total. The van der Waals surface area contributed by atoms with Crippen LogP contribution in [0.5, 0.6) is 0 Å². The molecule has 1 aromatic heterocycles. The van der Waals surface area contributed by atoms with Crippen LogP contribution in [0.4, 0.5) is 13.2 Å². The highest BCUT2D eigenvalue weighted by molar-refractivity contribution is 5.97. The number of aliphatic hydroxyl groups is 1. The molecule has 0 aliphatic heterocycles. The van der Waals surface area contributed by atoms with Crippen LogP contribution < -0.4 is 10.8 Å². The fourth-order valence-corrected chi connectivity index (χ4v) is 1.40. The summed E-state index contributed by atoms with van der Waals surface area (Å²) < 4.78 is 36.9. The van der Waals surface area contributed by atoms with Crippen LogP contribution >= 0.6 is 0 Å². The van der Waals surface area contributed by atoms with E-state index in [0.717, 1.165) is 6.07 Å². The van der Waals surface area contributed by atoms with Crippen molar-refractivity contribution in [3.8, 4) is 0 Å². The highest BCUT2D eigenvalue weighted by Crippen LogP contribution is 2.27. The van der Waals surface area contributed by atoms with Gasteiger partial charge in [0.05, 0.1) is 11.7 Å². The van der Waals surface area contributed by atoms with E-state index in [1.54, 1.807) is 0 Å². The summed E-state index contributed by atoms with van der Waals surface area (Å²) in [6.45, 7) is 1.19. The number of nitrogens with zero attached hydrogens (tertiary/aromatic N) is 1. The second-order valence-corrected chi connectivity index (χ2v) is 4.10. The number of halogens is 3. The Morgan fingerprint density at radius 1 is 1.32 bits per heavy atom. The average Bonchev–Trinajstić information content (AvgIpc) is 2.42. The molecule has 1 rings (SSSR count). The van der Waals surface area contributed by atoms with Crippen molar-refractivity contribution in [1.82, 2.24) is 15.8 Å². The first-order chi connectivity index (χ1) is 9.66. The highest BCUT2D eigenvalue weighted by Gasteiger charge is 2.32. The number of alkyl halides is 3. The van der Waals surface area contributed by atoms with Gasteiger partial charge < -0.3 is 10.4 Å². The zero-order valence-corrected chi connectivity index (χ0v) is 10.7. The molecule has 0 spiro atoms. The van der Waals surface area contributed by atoms with E-state index >= 15 is 0 Å². The monoisotopic (exact) mass is 323 g/mol. The van der Waals surface area contributed by atoms with E-state index < -0.39 is 35.8 Å². The molecule has 0 radical (unpaired) electrons. The minimum absolute atomic E-state index is 0. The van der Waals surface area contributed by atoms with Crippen molar-refractivity contribution in [2.45, 2.75) is 32.7 Å². The summed E-state index contributed by atoms with van der Waals surface area (Å²) in [4.78, 5) is 26.0. The number of rotatable bonds is 4. The molecule has 0 unspecified atom stereocenters. The number of aliphatic hydroxyl groups excluding tert-OH is 1. The van der Waals surface area contributed by atoms with Crippen LogP contribution in [0.3, 0.4) is 0 Å². The molecule has 0 aromatic carbocycles. The Hall–Kier alpha value is -2.20. The molecule has 2 amide bonds. The minimum Gasteiger partial charge on any atom is -0.391 e. The molecule has 1 heterocycles. The Morgan fingerprint density at radius 3 is 2.27 bits per heavy atom. The Bertz CT molecular complexity index is 517. The molecule has 10 heteroatoms. The van der Waals surface area contributed by atoms with Crippen LogP contribution in [0.1, 0.15) is 30.4 Å². The summed E-state index contributed by atoms with van der Waals surface area (Å²) in [6.07, 6.45) is -5.27. The Balaban J connectivity index is 0.00000441. The number of amides is 2. The average molecular weight is 323 g/mol. The maximum Gasteiger partial charge on any atom is 0.433 e. The summed E-state index contributed by atoms with van der Waals surface area (Å²) in [5, 5.41) is 19.8. The molecule has 22 heavy (non-hydrogen) atoms. The lowest BCUT2D eigenvalue weighted by atomic mass is 10.1. The molecule has 1 aromatic rings. The first-order valence-electron chi connectivity index (χ1n) is 5.63. The van der Waals surface area contributed by atoms with Gasteiger partial charge in [-0.2, -0.15) is 13.2 Å². The largest absolute Gasteiger partial charge is 0.433 e. The van der Waals surface area contributed by atoms with Gasteiger partial charge in [-0.05, 0) is 19.1 Å². The zero-order valence-electron chi connectivity index (χ0n) is 10.7. The Labute approximate surface area is 124 Å². The second kappa shape index (κ2) is 7.71. The lowest BCUT2D eigenvalue weighted by Gasteiger charge is -2.19. The van der Waals surface area contributed by atoms with Gasteiger partial charge in [0.1, 0.15) is 11.7 Å². The van der Waals surface area contributed by atoms with Crippen molar-refractivity contribution < 1.29 is 33.1 Å². The third-order valence-electron chi connectivity index (χ3n) is 2.48.